The fraction of sp³-hybridized carbons (Fsp3) is 0.294. The molecule has 23 heavy (non-hydrogen) atoms. The van der Waals surface area contributed by atoms with Gasteiger partial charge in [-0.25, -0.2) is 0 Å². The Morgan fingerprint density at radius 3 is 2.30 bits per heavy atom. The molecule has 1 aromatic carbocycles. The number of carbonyl (C=O) groups excluding carboxylic acids is 1. The topological polar surface area (TPSA) is 69.7 Å². The lowest BCUT2D eigenvalue weighted by Crippen LogP contribution is -2.27. The van der Waals surface area contributed by atoms with Gasteiger partial charge >= 0.3 is 0 Å². The van der Waals surface area contributed by atoms with Crippen LogP contribution in [0.15, 0.2) is 36.7 Å². The van der Waals surface area contributed by atoms with Crippen LogP contribution in [0.2, 0.25) is 0 Å². The number of carbonyl (C=O) groups is 1. The standard InChI is InChI=1S/C17H20N2O4/c1-11(12-6-5-7-18-10-12)19-17(20)13-8-15(22-3)16(23-4)9-14(13)21-2/h5-11H,1-4H3,(H,19,20). The van der Waals surface area contributed by atoms with Crippen LogP contribution in [0.5, 0.6) is 17.2 Å². The molecule has 0 fully saturated rings. The van der Waals surface area contributed by atoms with E-state index in [0.29, 0.717) is 22.8 Å². The van der Waals surface area contributed by atoms with Gasteiger partial charge in [-0.15, -0.1) is 0 Å². The molecular weight excluding hydrogens is 296 g/mol. The minimum absolute atomic E-state index is 0.186. The molecule has 122 valence electrons. The summed E-state index contributed by atoms with van der Waals surface area (Å²) in [5.41, 5.74) is 1.29. The van der Waals surface area contributed by atoms with Crippen molar-refractivity contribution in [2.24, 2.45) is 0 Å². The molecule has 0 spiro atoms. The van der Waals surface area contributed by atoms with Gasteiger partial charge in [0.15, 0.2) is 11.5 Å². The van der Waals surface area contributed by atoms with Crippen molar-refractivity contribution in [3.63, 3.8) is 0 Å². The zero-order chi connectivity index (χ0) is 16.8. The van der Waals surface area contributed by atoms with Crippen LogP contribution < -0.4 is 19.5 Å². The number of hydrogen-bond donors (Lipinski definition) is 1. The summed E-state index contributed by atoms with van der Waals surface area (Å²) >= 11 is 0. The zero-order valence-electron chi connectivity index (χ0n) is 13.6. The van der Waals surface area contributed by atoms with Gasteiger partial charge in [0.1, 0.15) is 5.75 Å². The Morgan fingerprint density at radius 1 is 1.09 bits per heavy atom. The Morgan fingerprint density at radius 2 is 1.74 bits per heavy atom. The Balaban J connectivity index is 2.28. The molecule has 0 aliphatic heterocycles. The molecule has 1 heterocycles. The van der Waals surface area contributed by atoms with E-state index >= 15 is 0 Å². The molecule has 0 saturated carbocycles. The molecule has 6 heteroatoms. The van der Waals surface area contributed by atoms with E-state index in [9.17, 15) is 4.79 Å². The first kappa shape index (κ1) is 16.6. The van der Waals surface area contributed by atoms with Gasteiger partial charge in [-0.2, -0.15) is 0 Å². The second-order valence-electron chi connectivity index (χ2n) is 4.89. The SMILES string of the molecule is COc1cc(OC)c(C(=O)NC(C)c2cccnc2)cc1OC. The highest BCUT2D eigenvalue weighted by atomic mass is 16.5. The number of aromatic nitrogens is 1. The minimum atomic E-state index is -0.265. The van der Waals surface area contributed by atoms with E-state index in [1.807, 2.05) is 19.1 Å². The van der Waals surface area contributed by atoms with Gasteiger partial charge in [0, 0.05) is 24.5 Å². The number of pyridine rings is 1. The van der Waals surface area contributed by atoms with Crippen molar-refractivity contribution >= 4 is 5.91 Å². The van der Waals surface area contributed by atoms with Crippen molar-refractivity contribution < 1.29 is 19.0 Å². The third-order valence-electron chi connectivity index (χ3n) is 3.48. The molecule has 0 aliphatic rings. The fourth-order valence-corrected chi connectivity index (χ4v) is 2.20. The van der Waals surface area contributed by atoms with Crippen LogP contribution in [-0.2, 0) is 0 Å². The molecule has 1 aromatic heterocycles. The summed E-state index contributed by atoms with van der Waals surface area (Å²) in [6.07, 6.45) is 3.41. The van der Waals surface area contributed by atoms with Crippen molar-refractivity contribution in [2.45, 2.75) is 13.0 Å². The van der Waals surface area contributed by atoms with Crippen molar-refractivity contribution in [1.82, 2.24) is 10.3 Å². The molecule has 0 aliphatic carbocycles. The van der Waals surface area contributed by atoms with Crippen molar-refractivity contribution in [2.75, 3.05) is 21.3 Å². The van der Waals surface area contributed by atoms with E-state index in [0.717, 1.165) is 5.56 Å². The summed E-state index contributed by atoms with van der Waals surface area (Å²) in [4.78, 5) is 16.6. The molecule has 0 radical (unpaired) electrons. The lowest BCUT2D eigenvalue weighted by Gasteiger charge is -2.17. The molecule has 1 atom stereocenters. The average Bonchev–Trinajstić information content (AvgIpc) is 2.60. The maximum atomic E-state index is 12.6. The number of hydrogen-bond acceptors (Lipinski definition) is 5. The number of amides is 1. The molecule has 0 bridgehead atoms. The summed E-state index contributed by atoms with van der Waals surface area (Å²) in [5.74, 6) is 1.12. The Hall–Kier alpha value is -2.76. The lowest BCUT2D eigenvalue weighted by molar-refractivity contribution is 0.0936. The molecular formula is C17H20N2O4. The maximum Gasteiger partial charge on any atom is 0.255 e. The third kappa shape index (κ3) is 3.71. The van der Waals surface area contributed by atoms with Crippen molar-refractivity contribution in [3.8, 4) is 17.2 Å². The van der Waals surface area contributed by atoms with Crippen LogP contribution in [0.1, 0.15) is 28.9 Å². The van der Waals surface area contributed by atoms with Gasteiger partial charge < -0.3 is 19.5 Å². The molecule has 1 N–H and O–H groups in total. The molecule has 6 nitrogen and oxygen atoms in total. The van der Waals surface area contributed by atoms with Crippen LogP contribution in [0.3, 0.4) is 0 Å². The first-order valence-corrected chi connectivity index (χ1v) is 7.11. The number of methoxy groups -OCH3 is 3. The quantitative estimate of drug-likeness (QED) is 0.887. The molecule has 0 saturated heterocycles. The Bertz CT molecular complexity index is 674. The van der Waals surface area contributed by atoms with Gasteiger partial charge in [-0.1, -0.05) is 6.07 Å². The van der Waals surface area contributed by atoms with E-state index in [1.54, 1.807) is 24.5 Å². The van der Waals surface area contributed by atoms with Gasteiger partial charge in [0.2, 0.25) is 0 Å². The maximum absolute atomic E-state index is 12.6. The van der Waals surface area contributed by atoms with E-state index in [-0.39, 0.29) is 11.9 Å². The Labute approximate surface area is 135 Å². The molecule has 2 rings (SSSR count). The van der Waals surface area contributed by atoms with E-state index < -0.39 is 0 Å². The second-order valence-corrected chi connectivity index (χ2v) is 4.89. The summed E-state index contributed by atoms with van der Waals surface area (Å²) in [7, 11) is 4.55. The van der Waals surface area contributed by atoms with Gasteiger partial charge in [0.05, 0.1) is 32.9 Å². The van der Waals surface area contributed by atoms with E-state index in [1.165, 1.54) is 21.3 Å². The van der Waals surface area contributed by atoms with Crippen LogP contribution in [0, 0.1) is 0 Å². The monoisotopic (exact) mass is 316 g/mol. The molecule has 1 unspecified atom stereocenters. The van der Waals surface area contributed by atoms with Crippen LogP contribution >= 0.6 is 0 Å². The largest absolute Gasteiger partial charge is 0.496 e. The third-order valence-corrected chi connectivity index (χ3v) is 3.48. The van der Waals surface area contributed by atoms with Crippen LogP contribution in [0.25, 0.3) is 0 Å². The van der Waals surface area contributed by atoms with Gasteiger partial charge in [-0.05, 0) is 18.6 Å². The fourth-order valence-electron chi connectivity index (χ4n) is 2.20. The number of nitrogens with one attached hydrogen (secondary N) is 1. The molecule has 1 amide bonds. The predicted molar refractivity (Wildman–Crippen MR) is 86.2 cm³/mol. The van der Waals surface area contributed by atoms with Crippen molar-refractivity contribution in [1.29, 1.82) is 0 Å². The first-order valence-electron chi connectivity index (χ1n) is 7.11. The predicted octanol–water partition coefficient (Wildman–Crippen LogP) is 2.60. The van der Waals surface area contributed by atoms with Gasteiger partial charge in [0.25, 0.3) is 5.91 Å². The van der Waals surface area contributed by atoms with Gasteiger partial charge in [-0.3, -0.25) is 9.78 Å². The summed E-state index contributed by atoms with van der Waals surface area (Å²) < 4.78 is 15.8. The van der Waals surface area contributed by atoms with Crippen molar-refractivity contribution in [3.05, 3.63) is 47.8 Å². The van der Waals surface area contributed by atoms with Crippen LogP contribution in [0.4, 0.5) is 0 Å². The normalized spacial score (nSPS) is 11.5. The lowest BCUT2D eigenvalue weighted by atomic mass is 10.1. The summed E-state index contributed by atoms with van der Waals surface area (Å²) in [5, 5.41) is 2.92. The van der Waals surface area contributed by atoms with E-state index in [2.05, 4.69) is 10.3 Å². The second kappa shape index (κ2) is 7.49. The highest BCUT2D eigenvalue weighted by Crippen LogP contribution is 2.34. The highest BCUT2D eigenvalue weighted by Gasteiger charge is 2.19. The van der Waals surface area contributed by atoms with E-state index in [4.69, 9.17) is 14.2 Å². The first-order chi connectivity index (χ1) is 11.1. The highest BCUT2D eigenvalue weighted by molar-refractivity contribution is 5.98. The summed E-state index contributed by atoms with van der Waals surface area (Å²) in [6, 6.07) is 6.78. The van der Waals surface area contributed by atoms with Crippen LogP contribution in [-0.4, -0.2) is 32.2 Å². The average molecular weight is 316 g/mol. The molecule has 2 aromatic rings. The number of rotatable bonds is 6. The summed E-state index contributed by atoms with van der Waals surface area (Å²) in [6.45, 7) is 1.89. The number of ether oxygens (including phenoxy) is 3. The minimum Gasteiger partial charge on any atom is -0.496 e. The smallest absolute Gasteiger partial charge is 0.255 e. The number of nitrogens with zero attached hydrogens (tertiary/aromatic N) is 1. The number of benzene rings is 1. The zero-order valence-corrected chi connectivity index (χ0v) is 13.6. The Kier molecular flexibility index (Phi) is 5.41.